The van der Waals surface area contributed by atoms with Gasteiger partial charge in [0.25, 0.3) is 0 Å². The zero-order valence-electron chi connectivity index (χ0n) is 10.6. The molecule has 0 heterocycles. The lowest BCUT2D eigenvalue weighted by Gasteiger charge is -2.19. The van der Waals surface area contributed by atoms with E-state index in [0.29, 0.717) is 12.0 Å². The Bertz CT molecular complexity index is 530. The van der Waals surface area contributed by atoms with E-state index in [9.17, 15) is 4.79 Å². The Morgan fingerprint density at radius 2 is 2.05 bits per heavy atom. The Kier molecular flexibility index (Phi) is 3.20. The van der Waals surface area contributed by atoms with Gasteiger partial charge in [0.05, 0.1) is 6.07 Å². The number of carbonyl (C=O) groups excluding carboxylic acids is 1. The highest BCUT2D eigenvalue weighted by molar-refractivity contribution is 6.30. The number of benzene rings is 1. The molecule has 0 unspecified atom stereocenters. The van der Waals surface area contributed by atoms with Gasteiger partial charge >= 0.3 is 0 Å². The van der Waals surface area contributed by atoms with E-state index in [1.165, 1.54) is 5.56 Å². The summed E-state index contributed by atoms with van der Waals surface area (Å²) in [6.45, 7) is 0.230. The molecule has 2 aliphatic rings. The lowest BCUT2D eigenvalue weighted by Crippen LogP contribution is -2.34. The van der Waals surface area contributed by atoms with E-state index in [-0.39, 0.29) is 18.4 Å². The number of halogens is 1. The minimum atomic E-state index is 0.0649. The minimum Gasteiger partial charge on any atom is -0.326 e. The van der Waals surface area contributed by atoms with E-state index in [1.807, 2.05) is 24.3 Å². The average molecular weight is 275 g/mol. The van der Waals surface area contributed by atoms with Crippen LogP contribution < -0.4 is 0 Å². The van der Waals surface area contributed by atoms with Crippen molar-refractivity contribution in [1.82, 2.24) is 4.90 Å². The van der Waals surface area contributed by atoms with E-state index in [2.05, 4.69) is 6.07 Å². The summed E-state index contributed by atoms with van der Waals surface area (Å²) in [5.41, 5.74) is 1.18. The first-order valence-electron chi connectivity index (χ1n) is 6.63. The van der Waals surface area contributed by atoms with E-state index in [1.54, 1.807) is 4.90 Å². The van der Waals surface area contributed by atoms with Crippen molar-refractivity contribution >= 4 is 17.5 Å². The van der Waals surface area contributed by atoms with Gasteiger partial charge in [0, 0.05) is 17.0 Å². The van der Waals surface area contributed by atoms with Crippen molar-refractivity contribution in [2.75, 3.05) is 6.54 Å². The third-order valence-corrected chi connectivity index (χ3v) is 4.17. The Hall–Kier alpha value is -1.53. The van der Waals surface area contributed by atoms with Crippen molar-refractivity contribution in [1.29, 1.82) is 5.26 Å². The molecule has 1 aromatic rings. The molecule has 0 N–H and O–H groups in total. The maximum Gasteiger partial charge on any atom is 0.227 e. The predicted octanol–water partition coefficient (Wildman–Crippen LogP) is 2.96. The van der Waals surface area contributed by atoms with Crippen LogP contribution in [0.4, 0.5) is 0 Å². The molecule has 0 saturated heterocycles. The number of nitriles is 1. The van der Waals surface area contributed by atoms with Gasteiger partial charge in [-0.05, 0) is 42.9 Å². The second-order valence-corrected chi connectivity index (χ2v) is 5.79. The van der Waals surface area contributed by atoms with Gasteiger partial charge in [-0.3, -0.25) is 4.79 Å². The van der Waals surface area contributed by atoms with Gasteiger partial charge in [-0.25, -0.2) is 0 Å². The summed E-state index contributed by atoms with van der Waals surface area (Å²) in [7, 11) is 0. The van der Waals surface area contributed by atoms with Crippen LogP contribution in [-0.2, 0) is 4.79 Å². The second kappa shape index (κ2) is 4.86. The Morgan fingerprint density at radius 3 is 2.63 bits per heavy atom. The Balaban J connectivity index is 1.66. The number of hydrogen-bond donors (Lipinski definition) is 0. The molecule has 2 atom stereocenters. The lowest BCUT2D eigenvalue weighted by molar-refractivity contribution is -0.132. The SMILES string of the molecule is N#CCN(C(=O)[C@H]1C[C@H]1c1ccc(Cl)cc1)C1CC1. The van der Waals surface area contributed by atoms with Crippen molar-refractivity contribution in [3.05, 3.63) is 34.9 Å². The third kappa shape index (κ3) is 2.59. The molecular weight excluding hydrogens is 260 g/mol. The molecule has 2 saturated carbocycles. The summed E-state index contributed by atoms with van der Waals surface area (Å²) >= 11 is 5.87. The highest BCUT2D eigenvalue weighted by Crippen LogP contribution is 2.49. The zero-order chi connectivity index (χ0) is 13.4. The molecule has 3 nitrogen and oxygen atoms in total. The van der Waals surface area contributed by atoms with Crippen LogP contribution in [0.2, 0.25) is 5.02 Å². The van der Waals surface area contributed by atoms with Crippen LogP contribution in [0.5, 0.6) is 0 Å². The fourth-order valence-electron chi connectivity index (χ4n) is 2.61. The van der Waals surface area contributed by atoms with Crippen molar-refractivity contribution in [2.24, 2.45) is 5.92 Å². The number of carbonyl (C=O) groups is 1. The summed E-state index contributed by atoms with van der Waals surface area (Å²) in [6.07, 6.45) is 2.99. The highest BCUT2D eigenvalue weighted by atomic mass is 35.5. The van der Waals surface area contributed by atoms with Gasteiger partial charge in [0.1, 0.15) is 6.54 Å². The molecule has 1 aromatic carbocycles. The van der Waals surface area contributed by atoms with Crippen LogP contribution in [0.1, 0.15) is 30.7 Å². The molecule has 4 heteroatoms. The molecule has 98 valence electrons. The summed E-state index contributed by atoms with van der Waals surface area (Å²) in [4.78, 5) is 14.1. The summed E-state index contributed by atoms with van der Waals surface area (Å²) in [5, 5.41) is 9.54. The molecule has 3 rings (SSSR count). The fourth-order valence-corrected chi connectivity index (χ4v) is 2.73. The molecule has 0 aromatic heterocycles. The second-order valence-electron chi connectivity index (χ2n) is 5.36. The Morgan fingerprint density at radius 1 is 1.37 bits per heavy atom. The Labute approximate surface area is 117 Å². The number of amides is 1. The lowest BCUT2D eigenvalue weighted by atomic mass is 10.1. The normalized spacial score (nSPS) is 24.6. The van der Waals surface area contributed by atoms with Gasteiger partial charge in [-0.2, -0.15) is 5.26 Å². The van der Waals surface area contributed by atoms with E-state index in [0.717, 1.165) is 24.3 Å². The minimum absolute atomic E-state index is 0.0649. The molecule has 0 spiro atoms. The average Bonchev–Trinajstić information content (AvgIpc) is 3.28. The maximum absolute atomic E-state index is 12.4. The van der Waals surface area contributed by atoms with Crippen LogP contribution >= 0.6 is 11.6 Å². The summed E-state index contributed by atoms with van der Waals surface area (Å²) in [6, 6.07) is 10.1. The third-order valence-electron chi connectivity index (χ3n) is 3.92. The smallest absolute Gasteiger partial charge is 0.227 e. The zero-order valence-corrected chi connectivity index (χ0v) is 11.3. The quantitative estimate of drug-likeness (QED) is 0.793. The summed E-state index contributed by atoms with van der Waals surface area (Å²) < 4.78 is 0. The van der Waals surface area contributed by atoms with Crippen LogP contribution in [0.3, 0.4) is 0 Å². The topological polar surface area (TPSA) is 44.1 Å². The molecule has 19 heavy (non-hydrogen) atoms. The highest BCUT2D eigenvalue weighted by Gasteiger charge is 2.48. The van der Waals surface area contributed by atoms with E-state index >= 15 is 0 Å². The van der Waals surface area contributed by atoms with Gasteiger partial charge in [-0.15, -0.1) is 0 Å². The molecule has 2 aliphatic carbocycles. The predicted molar refractivity (Wildman–Crippen MR) is 72.6 cm³/mol. The standard InChI is InChI=1S/C15H15ClN2O/c16-11-3-1-10(2-4-11)13-9-14(13)15(19)18(8-7-17)12-5-6-12/h1-4,12-14H,5-6,8-9H2/t13-,14-/m0/s1. The van der Waals surface area contributed by atoms with E-state index in [4.69, 9.17) is 16.9 Å². The van der Waals surface area contributed by atoms with Crippen molar-refractivity contribution in [3.63, 3.8) is 0 Å². The molecule has 0 bridgehead atoms. The van der Waals surface area contributed by atoms with Crippen LogP contribution in [0, 0.1) is 17.2 Å². The number of hydrogen-bond acceptors (Lipinski definition) is 2. The number of nitrogens with zero attached hydrogens (tertiary/aromatic N) is 2. The maximum atomic E-state index is 12.4. The fraction of sp³-hybridized carbons (Fsp3) is 0.467. The molecular formula is C15H15ClN2O. The monoisotopic (exact) mass is 274 g/mol. The molecule has 0 aliphatic heterocycles. The first-order valence-corrected chi connectivity index (χ1v) is 7.01. The van der Waals surface area contributed by atoms with Crippen LogP contribution in [-0.4, -0.2) is 23.4 Å². The van der Waals surface area contributed by atoms with Gasteiger partial charge in [0.15, 0.2) is 0 Å². The van der Waals surface area contributed by atoms with Crippen LogP contribution in [0.15, 0.2) is 24.3 Å². The van der Waals surface area contributed by atoms with Crippen molar-refractivity contribution < 1.29 is 4.79 Å². The number of rotatable bonds is 4. The first-order chi connectivity index (χ1) is 9.20. The summed E-state index contributed by atoms with van der Waals surface area (Å²) in [5.74, 6) is 0.531. The van der Waals surface area contributed by atoms with Gasteiger partial charge in [-0.1, -0.05) is 23.7 Å². The molecule has 0 radical (unpaired) electrons. The van der Waals surface area contributed by atoms with Crippen LogP contribution in [0.25, 0.3) is 0 Å². The van der Waals surface area contributed by atoms with E-state index < -0.39 is 0 Å². The van der Waals surface area contributed by atoms with Gasteiger partial charge < -0.3 is 4.90 Å². The molecule has 1 amide bonds. The first kappa shape index (κ1) is 12.5. The van der Waals surface area contributed by atoms with Crippen molar-refractivity contribution in [2.45, 2.75) is 31.2 Å². The molecule has 2 fully saturated rings. The van der Waals surface area contributed by atoms with Gasteiger partial charge in [0.2, 0.25) is 5.91 Å². The largest absolute Gasteiger partial charge is 0.326 e. The van der Waals surface area contributed by atoms with Crippen molar-refractivity contribution in [3.8, 4) is 6.07 Å².